The predicted molar refractivity (Wildman–Crippen MR) is 113 cm³/mol. The summed E-state index contributed by atoms with van der Waals surface area (Å²) in [5.41, 5.74) is 1.11. The van der Waals surface area contributed by atoms with Gasteiger partial charge in [0.25, 0.3) is 0 Å². The highest BCUT2D eigenvalue weighted by Gasteiger charge is 2.21. The summed E-state index contributed by atoms with van der Waals surface area (Å²) in [5.74, 6) is 0.392. The first kappa shape index (κ1) is 20.8. The van der Waals surface area contributed by atoms with E-state index in [1.165, 1.54) is 12.0 Å². The van der Waals surface area contributed by atoms with Gasteiger partial charge in [-0.15, -0.1) is 10.2 Å². The maximum atomic E-state index is 12.2. The monoisotopic (exact) mass is 425 g/mol. The summed E-state index contributed by atoms with van der Waals surface area (Å²) >= 11 is 0. The second-order valence-electron chi connectivity index (χ2n) is 7.17. The van der Waals surface area contributed by atoms with E-state index in [0.29, 0.717) is 31.4 Å². The number of methoxy groups -OCH3 is 1. The van der Waals surface area contributed by atoms with Crippen molar-refractivity contribution < 1.29 is 29.0 Å². The first-order valence-corrected chi connectivity index (χ1v) is 10.1. The Kier molecular flexibility index (Phi) is 6.44. The molecule has 2 heterocycles. The van der Waals surface area contributed by atoms with Crippen molar-refractivity contribution in [3.63, 3.8) is 0 Å². The van der Waals surface area contributed by atoms with E-state index in [0.717, 1.165) is 24.0 Å². The van der Waals surface area contributed by atoms with E-state index in [-0.39, 0.29) is 18.2 Å². The number of aromatic nitrogens is 1. The van der Waals surface area contributed by atoms with Crippen molar-refractivity contribution in [3.8, 4) is 17.4 Å². The number of fused-ring (bicyclic) bond motifs is 1. The molecule has 2 N–H and O–H groups in total. The third-order valence-corrected chi connectivity index (χ3v) is 5.18. The Morgan fingerprint density at radius 2 is 1.84 bits per heavy atom. The number of carbonyl (C=O) groups excluding carboxylic acids is 1. The highest BCUT2D eigenvalue weighted by atomic mass is 16.5. The van der Waals surface area contributed by atoms with Crippen molar-refractivity contribution in [1.29, 1.82) is 0 Å². The van der Waals surface area contributed by atoms with Crippen molar-refractivity contribution in [2.45, 2.75) is 6.67 Å². The number of quaternary nitrogens is 1. The molecule has 0 radical (unpaired) electrons. The molecule has 0 bridgehead atoms. The summed E-state index contributed by atoms with van der Waals surface area (Å²) < 4.78 is 17.9. The lowest BCUT2D eigenvalue weighted by molar-refractivity contribution is -0.930. The summed E-state index contributed by atoms with van der Waals surface area (Å²) in [6, 6.07) is 14.6. The van der Waals surface area contributed by atoms with Crippen molar-refractivity contribution in [3.05, 3.63) is 48.5 Å². The number of nitrogens with zero attached hydrogens (tertiary/aromatic N) is 3. The molecule has 3 aromatic rings. The second kappa shape index (κ2) is 9.59. The topological polar surface area (TPSA) is 99.1 Å². The van der Waals surface area contributed by atoms with Crippen LogP contribution in [0, 0.1) is 0 Å². The van der Waals surface area contributed by atoms with Crippen LogP contribution in [0.2, 0.25) is 0 Å². The van der Waals surface area contributed by atoms with Gasteiger partial charge in [-0.05, 0) is 18.2 Å². The fourth-order valence-corrected chi connectivity index (χ4v) is 3.58. The molecule has 4 rings (SSSR count). The molecule has 1 aliphatic rings. The van der Waals surface area contributed by atoms with E-state index in [1.54, 1.807) is 22.8 Å². The quantitative estimate of drug-likeness (QED) is 0.564. The van der Waals surface area contributed by atoms with Crippen molar-refractivity contribution in [2.75, 3.05) is 40.0 Å². The number of hydrogen-bond acceptors (Lipinski definition) is 6. The third-order valence-electron chi connectivity index (χ3n) is 5.18. The van der Waals surface area contributed by atoms with Crippen LogP contribution in [0.15, 0.2) is 58.8 Å². The lowest BCUT2D eigenvalue weighted by Crippen LogP contribution is -3.13. The number of hydrogen-bond donors (Lipinski definition) is 2. The van der Waals surface area contributed by atoms with Crippen LogP contribution in [-0.4, -0.2) is 55.6 Å². The zero-order chi connectivity index (χ0) is 21.6. The number of azo groups is 1. The number of nitrogens with one attached hydrogen (secondary N) is 1. The number of morpholine rings is 1. The fourth-order valence-electron chi connectivity index (χ4n) is 3.58. The molecule has 9 heteroatoms. The second-order valence-corrected chi connectivity index (χ2v) is 7.17. The average Bonchev–Trinajstić information content (AvgIpc) is 3.08. The van der Waals surface area contributed by atoms with Crippen LogP contribution < -0.4 is 14.4 Å². The van der Waals surface area contributed by atoms with E-state index in [9.17, 15) is 9.90 Å². The Labute approximate surface area is 179 Å². The van der Waals surface area contributed by atoms with E-state index in [1.807, 2.05) is 30.3 Å². The molecule has 0 spiro atoms. The number of ether oxygens (including phenoxy) is 3. The van der Waals surface area contributed by atoms with Crippen LogP contribution >= 0.6 is 0 Å². The SMILES string of the molecule is COc1ccccc1OCC(=O)N=Nc1c(O)n(C[NH+]2CCOCC2)c2ccccc12. The first-order chi connectivity index (χ1) is 15.2. The molecule has 1 amide bonds. The Bertz CT molecular complexity index is 1090. The van der Waals surface area contributed by atoms with Gasteiger partial charge < -0.3 is 24.2 Å². The molecule has 0 aliphatic carbocycles. The number of rotatable bonds is 7. The van der Waals surface area contributed by atoms with Crippen LogP contribution in [0.3, 0.4) is 0 Å². The molecule has 9 nitrogen and oxygen atoms in total. The molecule has 2 aromatic carbocycles. The predicted octanol–water partition coefficient (Wildman–Crippen LogP) is 1.92. The highest BCUT2D eigenvalue weighted by molar-refractivity contribution is 5.95. The molecule has 0 unspecified atom stereocenters. The van der Waals surface area contributed by atoms with Crippen LogP contribution in [0.1, 0.15) is 0 Å². The molecule has 1 saturated heterocycles. The van der Waals surface area contributed by atoms with Gasteiger partial charge in [0.05, 0.1) is 25.8 Å². The van der Waals surface area contributed by atoms with Gasteiger partial charge in [0.1, 0.15) is 13.1 Å². The summed E-state index contributed by atoms with van der Waals surface area (Å²) in [7, 11) is 1.53. The van der Waals surface area contributed by atoms with Crippen molar-refractivity contribution in [1.82, 2.24) is 4.57 Å². The molecule has 0 saturated carbocycles. The molecule has 1 aliphatic heterocycles. The van der Waals surface area contributed by atoms with E-state index in [2.05, 4.69) is 10.2 Å². The standard InChI is InChI=1S/C22H24N4O5/c1-29-18-8-4-5-9-19(18)31-14-20(27)23-24-21-16-6-2-3-7-17(16)26(22(21)28)15-25-10-12-30-13-11-25/h2-9,28H,10-15H2,1H3/p+1. The largest absolute Gasteiger partial charge is 0.493 e. The number of amides is 1. The highest BCUT2D eigenvalue weighted by Crippen LogP contribution is 2.38. The maximum absolute atomic E-state index is 12.2. The van der Waals surface area contributed by atoms with Gasteiger partial charge in [-0.25, -0.2) is 0 Å². The number of aromatic hydroxyl groups is 1. The summed E-state index contributed by atoms with van der Waals surface area (Å²) in [5, 5.41) is 19.4. The molecular formula is C22H25N4O5+. The van der Waals surface area contributed by atoms with Gasteiger partial charge in [0, 0.05) is 5.39 Å². The molecule has 0 atom stereocenters. The van der Waals surface area contributed by atoms with E-state index in [4.69, 9.17) is 14.2 Å². The van der Waals surface area contributed by atoms with E-state index >= 15 is 0 Å². The minimum atomic E-state index is -0.569. The van der Waals surface area contributed by atoms with Gasteiger partial charge in [-0.3, -0.25) is 9.36 Å². The summed E-state index contributed by atoms with van der Waals surface area (Å²) in [4.78, 5) is 13.5. The van der Waals surface area contributed by atoms with Crippen molar-refractivity contribution in [2.24, 2.45) is 10.2 Å². The maximum Gasteiger partial charge on any atom is 0.302 e. The number of benzene rings is 2. The van der Waals surface area contributed by atoms with Crippen molar-refractivity contribution >= 4 is 22.5 Å². The Balaban J connectivity index is 1.51. The van der Waals surface area contributed by atoms with E-state index < -0.39 is 5.91 Å². The Morgan fingerprint density at radius 1 is 1.13 bits per heavy atom. The van der Waals surface area contributed by atoms with Gasteiger partial charge in [0.15, 0.2) is 30.5 Å². The summed E-state index contributed by atoms with van der Waals surface area (Å²) in [6.45, 7) is 3.41. The van der Waals surface area contributed by atoms with Crippen LogP contribution in [0.5, 0.6) is 17.4 Å². The van der Waals surface area contributed by atoms with Crippen LogP contribution in [0.25, 0.3) is 10.9 Å². The van der Waals surface area contributed by atoms with Crippen LogP contribution in [0.4, 0.5) is 5.69 Å². The third kappa shape index (κ3) is 4.68. The first-order valence-electron chi connectivity index (χ1n) is 10.1. The average molecular weight is 425 g/mol. The molecular weight excluding hydrogens is 400 g/mol. The minimum Gasteiger partial charge on any atom is -0.493 e. The number of para-hydroxylation sites is 3. The zero-order valence-electron chi connectivity index (χ0n) is 17.3. The fraction of sp³-hybridized carbons (Fsp3) is 0.318. The molecule has 1 aromatic heterocycles. The molecule has 31 heavy (non-hydrogen) atoms. The van der Waals surface area contributed by atoms with Crippen LogP contribution in [-0.2, 0) is 16.2 Å². The molecule has 162 valence electrons. The zero-order valence-corrected chi connectivity index (χ0v) is 17.3. The number of carbonyl (C=O) groups is 1. The minimum absolute atomic E-state index is 0.0117. The lowest BCUT2D eigenvalue weighted by atomic mass is 10.2. The van der Waals surface area contributed by atoms with Gasteiger partial charge in [0.2, 0.25) is 5.88 Å². The summed E-state index contributed by atoms with van der Waals surface area (Å²) in [6.07, 6.45) is 0. The van der Waals surface area contributed by atoms with Gasteiger partial charge >= 0.3 is 5.91 Å². The Hall–Kier alpha value is -3.43. The van der Waals surface area contributed by atoms with Gasteiger partial charge in [-0.2, -0.15) is 0 Å². The Morgan fingerprint density at radius 3 is 2.61 bits per heavy atom. The van der Waals surface area contributed by atoms with Gasteiger partial charge in [-0.1, -0.05) is 30.3 Å². The normalized spacial score (nSPS) is 14.9. The smallest absolute Gasteiger partial charge is 0.302 e. The molecule has 1 fully saturated rings. The lowest BCUT2D eigenvalue weighted by Gasteiger charge is -2.24.